The van der Waals surface area contributed by atoms with Crippen LogP contribution >= 0.6 is 11.8 Å². The normalized spacial score (nSPS) is 17.0. The van der Waals surface area contributed by atoms with Gasteiger partial charge in [0.25, 0.3) is 0 Å². The highest BCUT2D eigenvalue weighted by molar-refractivity contribution is 8.18. The fourth-order valence-electron chi connectivity index (χ4n) is 2.37. The number of aromatic hydroxyl groups is 1. The molecule has 0 saturated carbocycles. The lowest BCUT2D eigenvalue weighted by Gasteiger charge is -2.04. The number of halogens is 1. The summed E-state index contributed by atoms with van der Waals surface area (Å²) in [5.74, 6) is -1.43. The van der Waals surface area contributed by atoms with Gasteiger partial charge < -0.3 is 14.9 Å². The highest BCUT2D eigenvalue weighted by Crippen LogP contribution is 2.40. The van der Waals surface area contributed by atoms with Crippen LogP contribution in [0.1, 0.15) is 12.5 Å². The predicted octanol–water partition coefficient (Wildman–Crippen LogP) is 4.72. The lowest BCUT2D eigenvalue weighted by molar-refractivity contribution is -0.138. The van der Waals surface area contributed by atoms with Gasteiger partial charge in [-0.2, -0.15) is 0 Å². The second-order valence-corrected chi connectivity index (χ2v) is 6.55. The van der Waals surface area contributed by atoms with E-state index in [4.69, 9.17) is 4.74 Å². The molecule has 0 fully saturated rings. The Labute approximate surface area is 159 Å². The average Bonchev–Trinajstić information content (AvgIpc) is 2.94. The van der Waals surface area contributed by atoms with Crippen LogP contribution in [0.4, 0.5) is 10.1 Å². The molecule has 0 spiro atoms. The molecule has 0 radical (unpaired) electrons. The van der Waals surface area contributed by atoms with Crippen LogP contribution in [0.5, 0.6) is 5.75 Å². The first-order chi connectivity index (χ1) is 13.0. The minimum absolute atomic E-state index is 0.0560. The predicted molar refractivity (Wildman–Crippen MR) is 103 cm³/mol. The number of rotatable bonds is 4. The van der Waals surface area contributed by atoms with E-state index in [9.17, 15) is 19.4 Å². The van der Waals surface area contributed by atoms with Gasteiger partial charge >= 0.3 is 5.97 Å². The van der Waals surface area contributed by atoms with Crippen molar-refractivity contribution >= 4 is 34.5 Å². The molecule has 0 aliphatic carbocycles. The van der Waals surface area contributed by atoms with Crippen molar-refractivity contribution in [2.24, 2.45) is 4.99 Å². The third kappa shape index (κ3) is 4.20. The summed E-state index contributed by atoms with van der Waals surface area (Å²) in [4.78, 5) is 16.9. The van der Waals surface area contributed by atoms with Crippen LogP contribution in [0.25, 0.3) is 6.08 Å². The van der Waals surface area contributed by atoms with E-state index in [0.717, 1.165) is 11.8 Å². The molecular formula is C20H16FNO4S. The summed E-state index contributed by atoms with van der Waals surface area (Å²) in [7, 11) is 0. The van der Waals surface area contributed by atoms with Crippen LogP contribution in [-0.2, 0) is 9.53 Å². The Balaban J connectivity index is 2.05. The van der Waals surface area contributed by atoms with Crippen molar-refractivity contribution in [2.75, 3.05) is 6.61 Å². The van der Waals surface area contributed by atoms with Gasteiger partial charge in [0, 0.05) is 0 Å². The van der Waals surface area contributed by atoms with Crippen LogP contribution in [0.3, 0.4) is 0 Å². The maximum Gasteiger partial charge on any atom is 0.344 e. The van der Waals surface area contributed by atoms with Crippen molar-refractivity contribution in [1.29, 1.82) is 0 Å². The molecule has 1 heterocycles. The largest absolute Gasteiger partial charge is 0.508 e. The first kappa shape index (κ1) is 18.7. The summed E-state index contributed by atoms with van der Waals surface area (Å²) >= 11 is 1.04. The second-order valence-electron chi connectivity index (χ2n) is 5.51. The van der Waals surface area contributed by atoms with E-state index in [1.165, 1.54) is 30.3 Å². The number of ether oxygens (including phenoxy) is 1. The minimum atomic E-state index is -0.730. The van der Waals surface area contributed by atoms with Gasteiger partial charge in [0.05, 0.1) is 11.5 Å². The number of nitrogens with zero attached hydrogens (tertiary/aromatic N) is 1. The van der Waals surface area contributed by atoms with Crippen molar-refractivity contribution in [1.82, 2.24) is 0 Å². The summed E-state index contributed by atoms with van der Waals surface area (Å²) in [6.07, 6.45) is 1.64. The number of aliphatic hydroxyl groups is 1. The van der Waals surface area contributed by atoms with Crippen molar-refractivity contribution in [3.05, 3.63) is 76.1 Å². The van der Waals surface area contributed by atoms with Gasteiger partial charge in [-0.3, -0.25) is 0 Å². The Bertz CT molecular complexity index is 964. The summed E-state index contributed by atoms with van der Waals surface area (Å²) in [5.41, 5.74) is 0.660. The third-order valence-electron chi connectivity index (χ3n) is 3.64. The zero-order valence-electron chi connectivity index (χ0n) is 14.3. The summed E-state index contributed by atoms with van der Waals surface area (Å²) in [5, 5.41) is 20.1. The lowest BCUT2D eigenvalue weighted by atomic mass is 10.1. The SMILES string of the molecule is CCOC(=O)C1=C(O)/C(=C\c2ccc(O)cc2)SC1=Nc1ccccc1F. The third-order valence-corrected chi connectivity index (χ3v) is 4.66. The first-order valence-electron chi connectivity index (χ1n) is 8.12. The molecule has 1 aliphatic rings. The fraction of sp³-hybridized carbons (Fsp3) is 0.100. The van der Waals surface area contributed by atoms with E-state index in [0.29, 0.717) is 10.5 Å². The van der Waals surface area contributed by atoms with E-state index < -0.39 is 11.8 Å². The van der Waals surface area contributed by atoms with Crippen LogP contribution in [0.2, 0.25) is 0 Å². The molecule has 5 nitrogen and oxygen atoms in total. The number of carbonyl (C=O) groups excluding carboxylic acids is 1. The Morgan fingerprint density at radius 1 is 1.19 bits per heavy atom. The van der Waals surface area contributed by atoms with Crippen LogP contribution < -0.4 is 0 Å². The van der Waals surface area contributed by atoms with Gasteiger partial charge in [-0.25, -0.2) is 14.2 Å². The summed E-state index contributed by atoms with van der Waals surface area (Å²) in [6, 6.07) is 12.2. The van der Waals surface area contributed by atoms with Gasteiger partial charge in [-0.15, -0.1) is 0 Å². The molecule has 2 aromatic carbocycles. The number of aliphatic imine (C=N–C) groups is 1. The van der Waals surface area contributed by atoms with Gasteiger partial charge in [0.1, 0.15) is 33.6 Å². The number of thioether (sulfide) groups is 1. The average molecular weight is 385 g/mol. The molecule has 138 valence electrons. The number of para-hydroxylation sites is 1. The molecule has 7 heteroatoms. The quantitative estimate of drug-likeness (QED) is 0.744. The van der Waals surface area contributed by atoms with Crippen molar-refractivity contribution in [3.8, 4) is 5.75 Å². The van der Waals surface area contributed by atoms with Gasteiger partial charge in [-0.1, -0.05) is 36.0 Å². The number of esters is 1. The van der Waals surface area contributed by atoms with Crippen LogP contribution in [-0.4, -0.2) is 27.8 Å². The second kappa shape index (κ2) is 8.09. The monoisotopic (exact) mass is 385 g/mol. The number of phenols is 1. The lowest BCUT2D eigenvalue weighted by Crippen LogP contribution is -2.12. The van der Waals surface area contributed by atoms with E-state index in [2.05, 4.69) is 4.99 Å². The Hall–Kier alpha value is -3.06. The molecular weight excluding hydrogens is 369 g/mol. The fourth-order valence-corrected chi connectivity index (χ4v) is 3.39. The van der Waals surface area contributed by atoms with Gasteiger partial charge in [0.15, 0.2) is 0 Å². The molecule has 0 amide bonds. The number of hydrogen-bond donors (Lipinski definition) is 2. The highest BCUT2D eigenvalue weighted by atomic mass is 32.2. The zero-order valence-corrected chi connectivity index (χ0v) is 15.2. The maximum atomic E-state index is 13.9. The number of hydrogen-bond acceptors (Lipinski definition) is 6. The molecule has 0 aromatic heterocycles. The molecule has 3 rings (SSSR count). The van der Waals surface area contributed by atoms with E-state index in [1.54, 1.807) is 31.2 Å². The minimum Gasteiger partial charge on any atom is -0.508 e. The van der Waals surface area contributed by atoms with E-state index in [-0.39, 0.29) is 34.4 Å². The molecule has 0 bridgehead atoms. The van der Waals surface area contributed by atoms with Gasteiger partial charge in [-0.05, 0) is 42.8 Å². The Morgan fingerprint density at radius 3 is 2.56 bits per heavy atom. The molecule has 0 atom stereocenters. The highest BCUT2D eigenvalue weighted by Gasteiger charge is 2.33. The molecule has 0 saturated heterocycles. The Kier molecular flexibility index (Phi) is 5.61. The molecule has 0 unspecified atom stereocenters. The van der Waals surface area contributed by atoms with Crippen molar-refractivity contribution in [3.63, 3.8) is 0 Å². The maximum absolute atomic E-state index is 13.9. The topological polar surface area (TPSA) is 79.1 Å². The van der Waals surface area contributed by atoms with Crippen molar-refractivity contribution in [2.45, 2.75) is 6.92 Å². The number of phenolic OH excluding ortho intramolecular Hbond substituents is 1. The van der Waals surface area contributed by atoms with Crippen LogP contribution in [0, 0.1) is 5.82 Å². The number of benzene rings is 2. The molecule has 1 aliphatic heterocycles. The van der Waals surface area contributed by atoms with E-state index in [1.807, 2.05) is 0 Å². The van der Waals surface area contributed by atoms with E-state index >= 15 is 0 Å². The zero-order chi connectivity index (χ0) is 19.4. The smallest absolute Gasteiger partial charge is 0.344 e. The van der Waals surface area contributed by atoms with Crippen LogP contribution in [0.15, 0.2) is 69.8 Å². The molecule has 2 aromatic rings. The van der Waals surface area contributed by atoms with Crippen molar-refractivity contribution < 1.29 is 24.1 Å². The molecule has 2 N–H and O–H groups in total. The number of aliphatic hydroxyl groups excluding tert-OH is 1. The standard InChI is InChI=1S/C20H16FNO4S/c1-2-26-20(25)17-18(24)16(11-12-7-9-13(23)10-8-12)27-19(17)22-15-6-4-3-5-14(15)21/h3-11,23-24H,2H2,1H3/b16-11+,22-19?. The first-order valence-corrected chi connectivity index (χ1v) is 8.94. The Morgan fingerprint density at radius 2 is 1.89 bits per heavy atom. The number of carbonyl (C=O) groups is 1. The van der Waals surface area contributed by atoms with Gasteiger partial charge in [0.2, 0.25) is 0 Å². The summed E-state index contributed by atoms with van der Waals surface area (Å²) in [6.45, 7) is 1.78. The molecule has 27 heavy (non-hydrogen) atoms. The summed E-state index contributed by atoms with van der Waals surface area (Å²) < 4.78 is 19.0.